The quantitative estimate of drug-likeness (QED) is 0.846. The summed E-state index contributed by atoms with van der Waals surface area (Å²) in [5.74, 6) is 2.02. The zero-order valence-corrected chi connectivity index (χ0v) is 13.1. The highest BCUT2D eigenvalue weighted by molar-refractivity contribution is 5.99. The Kier molecular flexibility index (Phi) is 3.01. The molecule has 23 heavy (non-hydrogen) atoms. The number of benzene rings is 1. The fourth-order valence-electron chi connectivity index (χ4n) is 3.48. The number of fused-ring (bicyclic) bond motifs is 1. The van der Waals surface area contributed by atoms with Crippen molar-refractivity contribution in [2.24, 2.45) is 5.92 Å². The van der Waals surface area contributed by atoms with Gasteiger partial charge in [0.15, 0.2) is 5.78 Å². The molecule has 6 heteroatoms. The number of rotatable bonds is 1. The first-order valence-corrected chi connectivity index (χ1v) is 7.78. The summed E-state index contributed by atoms with van der Waals surface area (Å²) in [5.41, 5.74) is 2.64. The molecule has 2 aliphatic rings. The van der Waals surface area contributed by atoms with Gasteiger partial charge in [0, 0.05) is 17.7 Å². The second-order valence-corrected chi connectivity index (χ2v) is 6.38. The molecule has 6 nitrogen and oxygen atoms in total. The van der Waals surface area contributed by atoms with Crippen molar-refractivity contribution in [1.82, 2.24) is 14.8 Å². The van der Waals surface area contributed by atoms with Crippen LogP contribution in [0.25, 0.3) is 0 Å². The minimum absolute atomic E-state index is 0.156. The van der Waals surface area contributed by atoms with Crippen LogP contribution in [0.5, 0.6) is 5.75 Å². The summed E-state index contributed by atoms with van der Waals surface area (Å²) in [4.78, 5) is 17.1. The Morgan fingerprint density at radius 2 is 2.00 bits per heavy atom. The average molecular weight is 310 g/mol. The minimum Gasteiger partial charge on any atom is -0.508 e. The van der Waals surface area contributed by atoms with E-state index in [1.807, 2.05) is 19.1 Å². The summed E-state index contributed by atoms with van der Waals surface area (Å²) in [6.07, 6.45) is 1.39. The normalized spacial score (nSPS) is 23.3. The van der Waals surface area contributed by atoms with E-state index in [1.54, 1.807) is 16.8 Å². The molecule has 1 aromatic carbocycles. The van der Waals surface area contributed by atoms with Crippen molar-refractivity contribution in [1.29, 1.82) is 0 Å². The van der Waals surface area contributed by atoms with Crippen molar-refractivity contribution in [3.63, 3.8) is 0 Å². The van der Waals surface area contributed by atoms with E-state index in [2.05, 4.69) is 22.3 Å². The van der Waals surface area contributed by atoms with Gasteiger partial charge in [-0.3, -0.25) is 4.79 Å². The Balaban J connectivity index is 1.91. The number of Topliss-reactive ketones (excluding diaryl/α,β-unsaturated/α-hetero) is 1. The Hall–Kier alpha value is -2.63. The van der Waals surface area contributed by atoms with E-state index < -0.39 is 0 Å². The van der Waals surface area contributed by atoms with Crippen LogP contribution in [0.1, 0.15) is 37.2 Å². The summed E-state index contributed by atoms with van der Waals surface area (Å²) in [6.45, 7) is 3.92. The number of hydrogen-bond acceptors (Lipinski definition) is 5. The molecule has 2 aromatic rings. The zero-order valence-electron chi connectivity index (χ0n) is 13.1. The zero-order chi connectivity index (χ0) is 16.1. The molecule has 2 atom stereocenters. The fourth-order valence-corrected chi connectivity index (χ4v) is 3.48. The van der Waals surface area contributed by atoms with Crippen LogP contribution in [0.2, 0.25) is 0 Å². The van der Waals surface area contributed by atoms with E-state index in [1.165, 1.54) is 0 Å². The molecule has 0 saturated heterocycles. The van der Waals surface area contributed by atoms with Gasteiger partial charge in [0.05, 0.1) is 0 Å². The fraction of sp³-hybridized carbons (Fsp3) is 0.353. The van der Waals surface area contributed by atoms with Gasteiger partial charge in [0.1, 0.15) is 17.6 Å². The molecule has 0 unspecified atom stereocenters. The number of hydrogen-bond donors (Lipinski definition) is 2. The van der Waals surface area contributed by atoms with E-state index >= 15 is 0 Å². The molecule has 1 aromatic heterocycles. The minimum atomic E-state index is -0.289. The first-order valence-electron chi connectivity index (χ1n) is 7.78. The number of aryl methyl sites for hydroxylation is 1. The van der Waals surface area contributed by atoms with Crippen LogP contribution in [-0.4, -0.2) is 25.7 Å². The smallest absolute Gasteiger partial charge is 0.226 e. The van der Waals surface area contributed by atoms with E-state index in [0.717, 1.165) is 23.3 Å². The number of anilines is 1. The van der Waals surface area contributed by atoms with Gasteiger partial charge in [-0.15, -0.1) is 0 Å². The molecule has 0 saturated carbocycles. The van der Waals surface area contributed by atoms with Crippen LogP contribution in [0.3, 0.4) is 0 Å². The van der Waals surface area contributed by atoms with Crippen LogP contribution in [-0.2, 0) is 4.79 Å². The van der Waals surface area contributed by atoms with Crippen molar-refractivity contribution < 1.29 is 9.90 Å². The number of nitrogens with zero attached hydrogens (tertiary/aromatic N) is 3. The largest absolute Gasteiger partial charge is 0.508 e. The monoisotopic (exact) mass is 310 g/mol. The Bertz CT molecular complexity index is 820. The van der Waals surface area contributed by atoms with Crippen LogP contribution in [0.4, 0.5) is 5.95 Å². The number of nitrogens with one attached hydrogen (secondary N) is 1. The number of ketones is 1. The van der Waals surface area contributed by atoms with Crippen LogP contribution < -0.4 is 5.32 Å². The van der Waals surface area contributed by atoms with Gasteiger partial charge < -0.3 is 10.4 Å². The standard InChI is InChI=1S/C17H18N4O2/c1-9-7-13-15(14(23)8-9)16(11-3-5-12(22)6-4-11)21-17(19-13)18-10(2)20-21/h3-6,9,16,22H,7-8H2,1-2H3,(H,18,19,20)/t9-,16-/m0/s1. The summed E-state index contributed by atoms with van der Waals surface area (Å²) in [7, 11) is 0. The predicted molar refractivity (Wildman–Crippen MR) is 85.1 cm³/mol. The number of aromatic hydroxyl groups is 1. The van der Waals surface area contributed by atoms with Gasteiger partial charge in [-0.2, -0.15) is 10.1 Å². The third kappa shape index (κ3) is 2.21. The van der Waals surface area contributed by atoms with Gasteiger partial charge in [0.2, 0.25) is 5.95 Å². The first kappa shape index (κ1) is 14.0. The van der Waals surface area contributed by atoms with Crippen molar-refractivity contribution in [3.05, 3.63) is 46.9 Å². The molecule has 4 rings (SSSR count). The molecule has 0 bridgehead atoms. The summed E-state index contributed by atoms with van der Waals surface area (Å²) < 4.78 is 1.77. The highest BCUT2D eigenvalue weighted by atomic mass is 16.3. The van der Waals surface area contributed by atoms with E-state index in [9.17, 15) is 9.90 Å². The van der Waals surface area contributed by atoms with Gasteiger partial charge in [-0.1, -0.05) is 19.1 Å². The number of allylic oxidation sites excluding steroid dienone is 2. The van der Waals surface area contributed by atoms with Crippen LogP contribution in [0, 0.1) is 12.8 Å². The maximum Gasteiger partial charge on any atom is 0.226 e. The highest BCUT2D eigenvalue weighted by Gasteiger charge is 2.38. The van der Waals surface area contributed by atoms with Crippen LogP contribution >= 0.6 is 0 Å². The highest BCUT2D eigenvalue weighted by Crippen LogP contribution is 2.41. The molecular weight excluding hydrogens is 292 g/mol. The first-order chi connectivity index (χ1) is 11.0. The molecule has 1 aliphatic heterocycles. The number of carbonyl (C=O) groups excluding carboxylic acids is 1. The third-order valence-corrected chi connectivity index (χ3v) is 4.44. The molecule has 0 radical (unpaired) electrons. The second kappa shape index (κ2) is 4.94. The van der Waals surface area contributed by atoms with Gasteiger partial charge >= 0.3 is 0 Å². The lowest BCUT2D eigenvalue weighted by Gasteiger charge is -2.34. The molecule has 0 fully saturated rings. The molecule has 0 amide bonds. The summed E-state index contributed by atoms with van der Waals surface area (Å²) in [6, 6.07) is 6.65. The number of phenolic OH excluding ortho intramolecular Hbond substituents is 1. The maximum atomic E-state index is 12.7. The summed E-state index contributed by atoms with van der Waals surface area (Å²) in [5, 5.41) is 17.3. The second-order valence-electron chi connectivity index (χ2n) is 6.38. The molecular formula is C17H18N4O2. The van der Waals surface area contributed by atoms with Gasteiger partial charge in [-0.05, 0) is 37.0 Å². The Morgan fingerprint density at radius 3 is 2.74 bits per heavy atom. The molecule has 0 spiro atoms. The number of carbonyl (C=O) groups is 1. The van der Waals surface area contributed by atoms with Crippen molar-refractivity contribution >= 4 is 11.7 Å². The molecule has 2 heterocycles. The predicted octanol–water partition coefficient (Wildman–Crippen LogP) is 2.56. The van der Waals surface area contributed by atoms with Crippen molar-refractivity contribution in [2.45, 2.75) is 32.7 Å². The van der Waals surface area contributed by atoms with Crippen LogP contribution in [0.15, 0.2) is 35.5 Å². The average Bonchev–Trinajstić information content (AvgIpc) is 2.85. The van der Waals surface area contributed by atoms with E-state index in [0.29, 0.717) is 24.1 Å². The van der Waals surface area contributed by atoms with E-state index in [-0.39, 0.29) is 17.6 Å². The third-order valence-electron chi connectivity index (χ3n) is 4.44. The topological polar surface area (TPSA) is 80.0 Å². The number of aromatic nitrogens is 3. The Labute approximate surface area is 133 Å². The van der Waals surface area contributed by atoms with Crippen molar-refractivity contribution in [3.8, 4) is 5.75 Å². The summed E-state index contributed by atoms with van der Waals surface area (Å²) >= 11 is 0. The van der Waals surface area contributed by atoms with Gasteiger partial charge in [-0.25, -0.2) is 4.68 Å². The van der Waals surface area contributed by atoms with Crippen molar-refractivity contribution in [2.75, 3.05) is 5.32 Å². The van der Waals surface area contributed by atoms with E-state index in [4.69, 9.17) is 0 Å². The lowest BCUT2D eigenvalue weighted by Crippen LogP contribution is -2.33. The van der Waals surface area contributed by atoms with Gasteiger partial charge in [0.25, 0.3) is 0 Å². The Morgan fingerprint density at radius 1 is 1.26 bits per heavy atom. The maximum absolute atomic E-state index is 12.7. The lowest BCUT2D eigenvalue weighted by atomic mass is 9.81. The number of phenols is 1. The molecule has 118 valence electrons. The molecule has 1 aliphatic carbocycles. The SMILES string of the molecule is Cc1nc2n(n1)[C@@H](c1ccc(O)cc1)C1=C(C[C@H](C)CC1=O)N2. The lowest BCUT2D eigenvalue weighted by molar-refractivity contribution is -0.117. The molecule has 2 N–H and O–H groups in total.